The standard InChI is InChI=1S/C13H17N5O/c1-9-8-10(2-3-11(9)18-14)13(19)17-5-4-12-15-6-7-16-12/h2-3,6-8,18H,4-5,14H2,1H3,(H,15,16)(H,17,19). The number of nitrogens with one attached hydrogen (secondary N) is 3. The Bertz CT molecular complexity index is 550. The third kappa shape index (κ3) is 3.32. The number of nitrogens with zero attached hydrogens (tertiary/aromatic N) is 1. The molecule has 0 fully saturated rings. The minimum Gasteiger partial charge on any atom is -0.352 e. The summed E-state index contributed by atoms with van der Waals surface area (Å²) >= 11 is 0. The van der Waals surface area contributed by atoms with Crippen LogP contribution in [0.15, 0.2) is 30.6 Å². The monoisotopic (exact) mass is 259 g/mol. The number of hydrazine groups is 1. The zero-order chi connectivity index (χ0) is 13.7. The summed E-state index contributed by atoms with van der Waals surface area (Å²) in [6, 6.07) is 5.33. The maximum atomic E-state index is 11.9. The fourth-order valence-corrected chi connectivity index (χ4v) is 1.80. The van der Waals surface area contributed by atoms with Gasteiger partial charge in [0.2, 0.25) is 0 Å². The molecule has 0 radical (unpaired) electrons. The zero-order valence-electron chi connectivity index (χ0n) is 10.7. The fraction of sp³-hybridized carbons (Fsp3) is 0.231. The summed E-state index contributed by atoms with van der Waals surface area (Å²) in [5.74, 6) is 6.11. The van der Waals surface area contributed by atoms with Gasteiger partial charge in [0.15, 0.2) is 0 Å². The van der Waals surface area contributed by atoms with Gasteiger partial charge in [-0.05, 0) is 30.7 Å². The maximum Gasteiger partial charge on any atom is 0.251 e. The summed E-state index contributed by atoms with van der Waals surface area (Å²) in [6.45, 7) is 2.44. The molecular weight excluding hydrogens is 242 g/mol. The Morgan fingerprint density at radius 1 is 1.47 bits per heavy atom. The normalized spacial score (nSPS) is 10.2. The highest BCUT2D eigenvalue weighted by molar-refractivity contribution is 5.94. The Kier molecular flexibility index (Phi) is 4.15. The quantitative estimate of drug-likeness (QED) is 0.475. The van der Waals surface area contributed by atoms with Crippen molar-refractivity contribution in [3.05, 3.63) is 47.5 Å². The van der Waals surface area contributed by atoms with E-state index in [1.807, 2.05) is 6.92 Å². The van der Waals surface area contributed by atoms with Gasteiger partial charge in [-0.2, -0.15) is 0 Å². The molecular formula is C13H17N5O. The van der Waals surface area contributed by atoms with Crippen LogP contribution in [0.2, 0.25) is 0 Å². The number of hydrogen-bond acceptors (Lipinski definition) is 4. The van der Waals surface area contributed by atoms with Gasteiger partial charge in [0.1, 0.15) is 5.82 Å². The number of benzene rings is 1. The molecule has 0 aliphatic heterocycles. The molecule has 19 heavy (non-hydrogen) atoms. The van der Waals surface area contributed by atoms with Crippen molar-refractivity contribution in [1.82, 2.24) is 15.3 Å². The molecule has 1 heterocycles. The molecule has 0 aliphatic rings. The summed E-state index contributed by atoms with van der Waals surface area (Å²) < 4.78 is 0. The van der Waals surface area contributed by atoms with Crippen LogP contribution in [-0.2, 0) is 6.42 Å². The van der Waals surface area contributed by atoms with Crippen molar-refractivity contribution in [1.29, 1.82) is 0 Å². The molecule has 6 heteroatoms. The van der Waals surface area contributed by atoms with Crippen molar-refractivity contribution in [2.45, 2.75) is 13.3 Å². The van der Waals surface area contributed by atoms with Gasteiger partial charge in [-0.1, -0.05) is 0 Å². The molecule has 0 bridgehead atoms. The van der Waals surface area contributed by atoms with E-state index in [4.69, 9.17) is 5.84 Å². The van der Waals surface area contributed by atoms with Crippen LogP contribution in [0.25, 0.3) is 0 Å². The number of aromatic amines is 1. The van der Waals surface area contributed by atoms with Crippen LogP contribution < -0.4 is 16.6 Å². The van der Waals surface area contributed by atoms with E-state index in [2.05, 4.69) is 20.7 Å². The molecule has 0 unspecified atom stereocenters. The van der Waals surface area contributed by atoms with Crippen molar-refractivity contribution in [2.24, 2.45) is 5.84 Å². The van der Waals surface area contributed by atoms with Crippen molar-refractivity contribution in [2.75, 3.05) is 12.0 Å². The van der Waals surface area contributed by atoms with E-state index < -0.39 is 0 Å². The predicted molar refractivity (Wildman–Crippen MR) is 73.6 cm³/mol. The van der Waals surface area contributed by atoms with Crippen LogP contribution in [0.1, 0.15) is 21.7 Å². The van der Waals surface area contributed by atoms with Crippen molar-refractivity contribution in [3.63, 3.8) is 0 Å². The summed E-state index contributed by atoms with van der Waals surface area (Å²) in [7, 11) is 0. The Morgan fingerprint density at radius 3 is 2.95 bits per heavy atom. The SMILES string of the molecule is Cc1cc(C(=O)NCCc2ncc[nH]2)ccc1NN. The summed E-state index contributed by atoms with van der Waals surface area (Å²) in [4.78, 5) is 19.0. The molecule has 1 amide bonds. The predicted octanol–water partition coefficient (Wildman–Crippen LogP) is 0.976. The Labute approximate surface area is 111 Å². The molecule has 0 aliphatic carbocycles. The molecule has 2 rings (SSSR count). The summed E-state index contributed by atoms with van der Waals surface area (Å²) in [6.07, 6.45) is 4.14. The van der Waals surface area contributed by atoms with Gasteiger partial charge in [0.05, 0.1) is 5.69 Å². The van der Waals surface area contributed by atoms with Crippen molar-refractivity contribution < 1.29 is 4.79 Å². The largest absolute Gasteiger partial charge is 0.352 e. The minimum atomic E-state index is -0.0989. The highest BCUT2D eigenvalue weighted by Gasteiger charge is 2.07. The highest BCUT2D eigenvalue weighted by Crippen LogP contribution is 2.14. The molecule has 1 aromatic heterocycles. The first-order valence-corrected chi connectivity index (χ1v) is 6.04. The average molecular weight is 259 g/mol. The van der Waals surface area contributed by atoms with Crippen molar-refractivity contribution >= 4 is 11.6 Å². The lowest BCUT2D eigenvalue weighted by Gasteiger charge is -2.08. The smallest absolute Gasteiger partial charge is 0.251 e. The maximum absolute atomic E-state index is 11.9. The van der Waals surface area contributed by atoms with E-state index in [9.17, 15) is 4.79 Å². The van der Waals surface area contributed by atoms with Gasteiger partial charge in [-0.25, -0.2) is 4.98 Å². The van der Waals surface area contributed by atoms with E-state index in [1.165, 1.54) is 0 Å². The number of aromatic nitrogens is 2. The number of rotatable bonds is 5. The van der Waals surface area contributed by atoms with Crippen LogP contribution in [-0.4, -0.2) is 22.4 Å². The lowest BCUT2D eigenvalue weighted by molar-refractivity contribution is 0.0954. The van der Waals surface area contributed by atoms with Crippen molar-refractivity contribution in [3.8, 4) is 0 Å². The number of hydrogen-bond donors (Lipinski definition) is 4. The molecule has 1 aromatic carbocycles. The molecule has 0 spiro atoms. The number of anilines is 1. The molecule has 0 atom stereocenters. The van der Waals surface area contributed by atoms with Gasteiger partial charge in [0, 0.05) is 30.9 Å². The molecule has 0 saturated heterocycles. The number of H-pyrrole nitrogens is 1. The number of carbonyl (C=O) groups is 1. The summed E-state index contributed by atoms with van der Waals surface area (Å²) in [5.41, 5.74) is 4.94. The zero-order valence-corrected chi connectivity index (χ0v) is 10.7. The lowest BCUT2D eigenvalue weighted by Crippen LogP contribution is -2.26. The number of nitrogen functional groups attached to an aromatic ring is 1. The molecule has 0 saturated carbocycles. The van der Waals surface area contributed by atoms with E-state index in [1.54, 1.807) is 30.6 Å². The van der Waals surface area contributed by atoms with Crippen LogP contribution in [0.3, 0.4) is 0 Å². The second-order valence-electron chi connectivity index (χ2n) is 4.22. The molecule has 2 aromatic rings. The van der Waals surface area contributed by atoms with Crippen LogP contribution >= 0.6 is 0 Å². The molecule has 5 N–H and O–H groups in total. The van der Waals surface area contributed by atoms with E-state index >= 15 is 0 Å². The number of imidazole rings is 1. The first-order chi connectivity index (χ1) is 9.20. The topological polar surface area (TPSA) is 95.8 Å². The van der Waals surface area contributed by atoms with Gasteiger partial charge in [0.25, 0.3) is 5.91 Å². The molecule has 100 valence electrons. The van der Waals surface area contributed by atoms with Gasteiger partial charge in [-0.15, -0.1) is 0 Å². The lowest BCUT2D eigenvalue weighted by atomic mass is 10.1. The van der Waals surface area contributed by atoms with Gasteiger partial charge < -0.3 is 15.7 Å². The van der Waals surface area contributed by atoms with E-state index in [-0.39, 0.29) is 5.91 Å². The Balaban J connectivity index is 1.91. The van der Waals surface area contributed by atoms with Gasteiger partial charge >= 0.3 is 0 Å². The number of carbonyl (C=O) groups excluding carboxylic acids is 1. The number of nitrogens with two attached hydrogens (primary N) is 1. The van der Waals surface area contributed by atoms with Crippen LogP contribution in [0, 0.1) is 6.92 Å². The minimum absolute atomic E-state index is 0.0989. The number of aryl methyl sites for hydroxylation is 1. The van der Waals surface area contributed by atoms with E-state index in [0.29, 0.717) is 18.5 Å². The first kappa shape index (κ1) is 13.1. The fourth-order valence-electron chi connectivity index (χ4n) is 1.80. The van der Waals surface area contributed by atoms with E-state index in [0.717, 1.165) is 17.1 Å². The third-order valence-corrected chi connectivity index (χ3v) is 2.85. The Morgan fingerprint density at radius 2 is 2.32 bits per heavy atom. The summed E-state index contributed by atoms with van der Waals surface area (Å²) in [5, 5.41) is 2.85. The van der Waals surface area contributed by atoms with Crippen LogP contribution in [0.5, 0.6) is 0 Å². The first-order valence-electron chi connectivity index (χ1n) is 6.04. The number of amides is 1. The Hall–Kier alpha value is -2.34. The second-order valence-corrected chi connectivity index (χ2v) is 4.22. The highest BCUT2D eigenvalue weighted by atomic mass is 16.1. The second kappa shape index (κ2) is 6.01. The third-order valence-electron chi connectivity index (χ3n) is 2.85. The molecule has 6 nitrogen and oxygen atoms in total. The van der Waals surface area contributed by atoms with Gasteiger partial charge in [-0.3, -0.25) is 10.6 Å². The van der Waals surface area contributed by atoms with Crippen LogP contribution in [0.4, 0.5) is 5.69 Å². The average Bonchev–Trinajstić information content (AvgIpc) is 2.91.